The third-order valence-corrected chi connectivity index (χ3v) is 4.59. The number of aryl methyl sites for hydroxylation is 1. The molecule has 2 rings (SSSR count). The first kappa shape index (κ1) is 22.2. The fraction of sp³-hybridized carbons (Fsp3) is 0.478. The molecule has 2 aromatic rings. The summed E-state index contributed by atoms with van der Waals surface area (Å²) in [6, 6.07) is 15.9. The van der Waals surface area contributed by atoms with Crippen LogP contribution >= 0.6 is 0 Å². The van der Waals surface area contributed by atoms with Crippen LogP contribution in [0.1, 0.15) is 50.8 Å². The number of nitrogens with one attached hydrogen (secondary N) is 1. The third kappa shape index (κ3) is 6.82. The van der Waals surface area contributed by atoms with Gasteiger partial charge < -0.3 is 19.8 Å². The molecule has 0 saturated heterocycles. The fourth-order valence-corrected chi connectivity index (χ4v) is 3.04. The van der Waals surface area contributed by atoms with E-state index in [4.69, 9.17) is 4.74 Å². The van der Waals surface area contributed by atoms with Gasteiger partial charge in [-0.05, 0) is 56.9 Å². The van der Waals surface area contributed by atoms with Gasteiger partial charge in [-0.2, -0.15) is 0 Å². The minimum absolute atomic E-state index is 0.341. The van der Waals surface area contributed by atoms with Crippen molar-refractivity contribution >= 4 is 5.69 Å². The molecule has 0 aliphatic rings. The minimum atomic E-state index is -1.03. The average Bonchev–Trinajstić information content (AvgIpc) is 2.65. The molecule has 0 saturated carbocycles. The molecule has 2 aromatic carbocycles. The number of rotatable bonds is 10. The number of para-hydroxylation sites is 1. The van der Waals surface area contributed by atoms with Crippen molar-refractivity contribution in [1.29, 1.82) is 0 Å². The highest BCUT2D eigenvalue weighted by Crippen LogP contribution is 2.29. The van der Waals surface area contributed by atoms with Gasteiger partial charge in [-0.15, -0.1) is 0 Å². The fourth-order valence-electron chi connectivity index (χ4n) is 3.04. The second-order valence-electron chi connectivity index (χ2n) is 7.87. The minimum Gasteiger partial charge on any atom is -0.475 e. The summed E-state index contributed by atoms with van der Waals surface area (Å²) in [6.07, 6.45) is 1.11. The first-order valence-electron chi connectivity index (χ1n) is 9.89. The zero-order valence-corrected chi connectivity index (χ0v) is 17.6. The molecule has 5 nitrogen and oxygen atoms in total. The predicted octanol–water partition coefficient (Wildman–Crippen LogP) is 3.85. The van der Waals surface area contributed by atoms with Crippen molar-refractivity contribution < 1.29 is 14.9 Å². The molecule has 5 heteroatoms. The lowest BCUT2D eigenvalue weighted by atomic mass is 10.0. The van der Waals surface area contributed by atoms with Crippen molar-refractivity contribution in [2.75, 3.05) is 19.0 Å². The zero-order valence-electron chi connectivity index (χ0n) is 17.6. The van der Waals surface area contributed by atoms with E-state index in [1.807, 2.05) is 45.3 Å². The van der Waals surface area contributed by atoms with Crippen LogP contribution in [0.25, 0.3) is 0 Å². The van der Waals surface area contributed by atoms with E-state index in [2.05, 4.69) is 34.5 Å². The van der Waals surface area contributed by atoms with Gasteiger partial charge in [-0.1, -0.05) is 37.3 Å². The van der Waals surface area contributed by atoms with Crippen LogP contribution in [0, 0.1) is 0 Å². The van der Waals surface area contributed by atoms with E-state index in [1.165, 1.54) is 5.56 Å². The molecule has 0 amide bonds. The topological polar surface area (TPSA) is 65.0 Å². The molecule has 3 N–H and O–H groups in total. The highest BCUT2D eigenvalue weighted by Gasteiger charge is 2.21. The molecule has 154 valence electrons. The van der Waals surface area contributed by atoms with Crippen LogP contribution in [0.2, 0.25) is 0 Å². The number of benzene rings is 2. The molecular weight excluding hydrogens is 352 g/mol. The van der Waals surface area contributed by atoms with Crippen LogP contribution < -0.4 is 15.0 Å². The molecule has 2 atom stereocenters. The van der Waals surface area contributed by atoms with E-state index in [0.29, 0.717) is 18.6 Å². The Morgan fingerprint density at radius 1 is 1.07 bits per heavy atom. The Morgan fingerprint density at radius 3 is 2.29 bits per heavy atom. The Labute approximate surface area is 169 Å². The molecule has 0 bridgehead atoms. The van der Waals surface area contributed by atoms with E-state index in [9.17, 15) is 10.2 Å². The number of hydrogen-bond acceptors (Lipinski definition) is 5. The first-order valence-corrected chi connectivity index (χ1v) is 9.89. The lowest BCUT2D eigenvalue weighted by molar-refractivity contribution is -0.0119. The van der Waals surface area contributed by atoms with Gasteiger partial charge in [0.2, 0.25) is 0 Å². The zero-order chi connectivity index (χ0) is 20.7. The maximum Gasteiger partial charge on any atom is 0.152 e. The van der Waals surface area contributed by atoms with Crippen LogP contribution in [0.4, 0.5) is 5.69 Å². The largest absolute Gasteiger partial charge is 0.475 e. The van der Waals surface area contributed by atoms with Crippen LogP contribution in [0.15, 0.2) is 48.5 Å². The molecule has 0 aliphatic heterocycles. The lowest BCUT2D eigenvalue weighted by Crippen LogP contribution is -2.48. The highest BCUT2D eigenvalue weighted by atomic mass is 16.5. The molecule has 0 heterocycles. The summed E-state index contributed by atoms with van der Waals surface area (Å²) in [7, 11) is 4.04. The number of ether oxygens (including phenoxy) is 1. The van der Waals surface area contributed by atoms with Gasteiger partial charge in [0.05, 0.1) is 6.10 Å². The molecule has 0 fully saturated rings. The smallest absolute Gasteiger partial charge is 0.152 e. The molecule has 0 aromatic heterocycles. The molecule has 0 spiro atoms. The molecule has 0 radical (unpaired) electrons. The summed E-state index contributed by atoms with van der Waals surface area (Å²) in [5, 5.41) is 23.8. The molecular formula is C23H34N2O3. The predicted molar refractivity (Wildman–Crippen MR) is 115 cm³/mol. The summed E-state index contributed by atoms with van der Waals surface area (Å²) in [4.78, 5) is 2.07. The second kappa shape index (κ2) is 9.92. The van der Waals surface area contributed by atoms with Crippen LogP contribution in [-0.4, -0.2) is 36.3 Å². The van der Waals surface area contributed by atoms with Gasteiger partial charge in [0.15, 0.2) is 6.23 Å². The molecule has 2 unspecified atom stereocenters. The van der Waals surface area contributed by atoms with E-state index in [-0.39, 0.29) is 6.23 Å². The summed E-state index contributed by atoms with van der Waals surface area (Å²) in [5.74, 6) is 0.640. The quantitative estimate of drug-likeness (QED) is 0.541. The van der Waals surface area contributed by atoms with E-state index < -0.39 is 11.8 Å². The van der Waals surface area contributed by atoms with Crippen molar-refractivity contribution in [3.63, 3.8) is 0 Å². The monoisotopic (exact) mass is 386 g/mol. The van der Waals surface area contributed by atoms with Gasteiger partial charge in [0, 0.05) is 25.3 Å². The summed E-state index contributed by atoms with van der Waals surface area (Å²) >= 11 is 0. The maximum absolute atomic E-state index is 10.8. The molecule has 28 heavy (non-hydrogen) atoms. The second-order valence-corrected chi connectivity index (χ2v) is 7.87. The Hall–Kier alpha value is -2.08. The number of hydrogen-bond donors (Lipinski definition) is 3. The maximum atomic E-state index is 10.8. The van der Waals surface area contributed by atoms with Crippen LogP contribution in [0.3, 0.4) is 0 Å². The van der Waals surface area contributed by atoms with Crippen molar-refractivity contribution in [3.8, 4) is 5.75 Å². The van der Waals surface area contributed by atoms with Gasteiger partial charge in [0.1, 0.15) is 11.5 Å². The van der Waals surface area contributed by atoms with E-state index >= 15 is 0 Å². The SMILES string of the molecule is CCC(NC(C)(C)O)Oc1ccccc1C(O)CCc1ccc(N(C)C)cc1. The Bertz CT molecular complexity index is 723. The lowest BCUT2D eigenvalue weighted by Gasteiger charge is -2.28. The van der Waals surface area contributed by atoms with E-state index in [1.54, 1.807) is 13.8 Å². The average molecular weight is 387 g/mol. The Morgan fingerprint density at radius 2 is 1.71 bits per heavy atom. The number of anilines is 1. The number of nitrogens with zero attached hydrogens (tertiary/aromatic N) is 1. The Balaban J connectivity index is 2.04. The summed E-state index contributed by atoms with van der Waals surface area (Å²) in [5.41, 5.74) is 2.09. The van der Waals surface area contributed by atoms with Gasteiger partial charge in [-0.3, -0.25) is 5.32 Å². The normalized spacial score (nSPS) is 13.8. The van der Waals surface area contributed by atoms with Crippen molar-refractivity contribution in [2.45, 2.75) is 58.1 Å². The highest BCUT2D eigenvalue weighted by molar-refractivity contribution is 5.46. The van der Waals surface area contributed by atoms with Crippen molar-refractivity contribution in [2.24, 2.45) is 0 Å². The summed E-state index contributed by atoms with van der Waals surface area (Å²) < 4.78 is 6.05. The van der Waals surface area contributed by atoms with Crippen molar-refractivity contribution in [3.05, 3.63) is 59.7 Å². The first-order chi connectivity index (χ1) is 13.2. The van der Waals surface area contributed by atoms with Crippen molar-refractivity contribution in [1.82, 2.24) is 5.32 Å². The standard InChI is InChI=1S/C23H34N2O3/c1-6-22(24-23(2,3)27)28-21-10-8-7-9-19(21)20(26)16-13-17-11-14-18(15-12-17)25(4)5/h7-12,14-15,20,22,24,26-27H,6,13,16H2,1-5H3. The van der Waals surface area contributed by atoms with Gasteiger partial charge >= 0.3 is 0 Å². The number of aliphatic hydroxyl groups is 2. The number of aliphatic hydroxyl groups excluding tert-OH is 1. The van der Waals surface area contributed by atoms with Gasteiger partial charge in [-0.25, -0.2) is 0 Å². The van der Waals surface area contributed by atoms with Crippen LogP contribution in [0.5, 0.6) is 5.75 Å². The summed E-state index contributed by atoms with van der Waals surface area (Å²) in [6.45, 7) is 5.35. The molecule has 0 aliphatic carbocycles. The van der Waals surface area contributed by atoms with E-state index in [0.717, 1.165) is 17.7 Å². The Kier molecular flexibility index (Phi) is 7.87. The van der Waals surface area contributed by atoms with Gasteiger partial charge in [0.25, 0.3) is 0 Å². The third-order valence-electron chi connectivity index (χ3n) is 4.59. The van der Waals surface area contributed by atoms with Crippen LogP contribution in [-0.2, 0) is 6.42 Å².